The van der Waals surface area contributed by atoms with Crippen molar-refractivity contribution in [3.05, 3.63) is 17.5 Å². The van der Waals surface area contributed by atoms with Crippen LogP contribution in [0.2, 0.25) is 0 Å². The van der Waals surface area contributed by atoms with E-state index in [-0.39, 0.29) is 6.04 Å². The van der Waals surface area contributed by atoms with Gasteiger partial charge in [-0.05, 0) is 36.9 Å². The molecule has 1 amide bonds. The molecule has 0 spiro atoms. The standard InChI is InChI=1S/C13H19N3OS/c17-13(11-3-1-5-14-11)16-8-6-15(7-9-16)12-4-2-10-18-12/h2,4,10-11,14H,1,3,5-9H2. The van der Waals surface area contributed by atoms with Crippen LogP contribution in [0, 0.1) is 0 Å². The summed E-state index contributed by atoms with van der Waals surface area (Å²) in [5, 5.41) is 6.72. The van der Waals surface area contributed by atoms with E-state index in [1.807, 2.05) is 4.90 Å². The summed E-state index contributed by atoms with van der Waals surface area (Å²) in [5.41, 5.74) is 0. The van der Waals surface area contributed by atoms with Crippen LogP contribution < -0.4 is 10.2 Å². The molecular weight excluding hydrogens is 246 g/mol. The summed E-state index contributed by atoms with van der Waals surface area (Å²) in [6.07, 6.45) is 2.13. The lowest BCUT2D eigenvalue weighted by Crippen LogP contribution is -2.53. The molecule has 5 heteroatoms. The van der Waals surface area contributed by atoms with Crippen LogP contribution in [-0.2, 0) is 4.79 Å². The van der Waals surface area contributed by atoms with Crippen molar-refractivity contribution in [1.82, 2.24) is 10.2 Å². The zero-order chi connectivity index (χ0) is 12.4. The molecule has 1 N–H and O–H groups in total. The first-order chi connectivity index (χ1) is 8.84. The second kappa shape index (κ2) is 5.28. The van der Waals surface area contributed by atoms with Crippen molar-refractivity contribution in [1.29, 1.82) is 0 Å². The lowest BCUT2D eigenvalue weighted by atomic mass is 10.2. The molecule has 0 bridgehead atoms. The molecule has 98 valence electrons. The average molecular weight is 265 g/mol. The molecule has 1 aromatic rings. The number of nitrogens with one attached hydrogen (secondary N) is 1. The fourth-order valence-corrected chi connectivity index (χ4v) is 3.50. The third-order valence-electron chi connectivity index (χ3n) is 3.77. The number of hydrogen-bond acceptors (Lipinski definition) is 4. The summed E-state index contributed by atoms with van der Waals surface area (Å²) in [4.78, 5) is 16.6. The molecule has 3 rings (SSSR count). The summed E-state index contributed by atoms with van der Waals surface area (Å²) in [5.74, 6) is 0.304. The highest BCUT2D eigenvalue weighted by Crippen LogP contribution is 2.22. The normalized spacial score (nSPS) is 24.6. The van der Waals surface area contributed by atoms with E-state index in [0.717, 1.165) is 45.6 Å². The molecule has 2 fully saturated rings. The zero-order valence-electron chi connectivity index (χ0n) is 10.5. The van der Waals surface area contributed by atoms with Crippen LogP contribution in [0.5, 0.6) is 0 Å². The van der Waals surface area contributed by atoms with Crippen LogP contribution in [0.3, 0.4) is 0 Å². The molecule has 0 saturated carbocycles. The van der Waals surface area contributed by atoms with Crippen molar-refractivity contribution in [3.8, 4) is 0 Å². The quantitative estimate of drug-likeness (QED) is 0.871. The van der Waals surface area contributed by atoms with Crippen molar-refractivity contribution in [2.45, 2.75) is 18.9 Å². The number of thiophene rings is 1. The van der Waals surface area contributed by atoms with E-state index in [1.54, 1.807) is 11.3 Å². The number of anilines is 1. The Kier molecular flexibility index (Phi) is 3.52. The van der Waals surface area contributed by atoms with E-state index in [1.165, 1.54) is 5.00 Å². The third kappa shape index (κ3) is 2.37. The summed E-state index contributed by atoms with van der Waals surface area (Å²) < 4.78 is 0. The Balaban J connectivity index is 1.55. The Hall–Kier alpha value is -1.07. The average Bonchev–Trinajstić information content (AvgIpc) is 3.11. The van der Waals surface area contributed by atoms with E-state index in [9.17, 15) is 4.79 Å². The maximum Gasteiger partial charge on any atom is 0.239 e. The molecule has 0 aromatic carbocycles. The van der Waals surface area contributed by atoms with Gasteiger partial charge in [0, 0.05) is 26.2 Å². The zero-order valence-corrected chi connectivity index (χ0v) is 11.3. The molecule has 2 aliphatic rings. The number of rotatable bonds is 2. The summed E-state index contributed by atoms with van der Waals surface area (Å²) in [6.45, 7) is 4.62. The van der Waals surface area contributed by atoms with Crippen LogP contribution in [0.4, 0.5) is 5.00 Å². The van der Waals surface area contributed by atoms with Crippen molar-refractivity contribution in [2.24, 2.45) is 0 Å². The van der Waals surface area contributed by atoms with E-state index >= 15 is 0 Å². The van der Waals surface area contributed by atoms with Gasteiger partial charge < -0.3 is 15.1 Å². The number of nitrogens with zero attached hydrogens (tertiary/aromatic N) is 2. The predicted molar refractivity (Wildman–Crippen MR) is 74.1 cm³/mol. The molecule has 1 atom stereocenters. The molecule has 3 heterocycles. The van der Waals surface area contributed by atoms with Crippen LogP contribution in [-0.4, -0.2) is 49.6 Å². The molecule has 18 heavy (non-hydrogen) atoms. The highest BCUT2D eigenvalue weighted by molar-refractivity contribution is 7.14. The van der Waals surface area contributed by atoms with Gasteiger partial charge >= 0.3 is 0 Å². The van der Waals surface area contributed by atoms with Crippen molar-refractivity contribution < 1.29 is 4.79 Å². The Morgan fingerprint density at radius 3 is 2.78 bits per heavy atom. The largest absolute Gasteiger partial charge is 0.360 e. The Labute approximate surface area is 112 Å². The third-order valence-corrected chi connectivity index (χ3v) is 4.70. The van der Waals surface area contributed by atoms with Gasteiger partial charge in [-0.25, -0.2) is 0 Å². The molecular formula is C13H19N3OS. The van der Waals surface area contributed by atoms with E-state index in [2.05, 4.69) is 27.7 Å². The minimum absolute atomic E-state index is 0.0817. The van der Waals surface area contributed by atoms with E-state index in [0.29, 0.717) is 5.91 Å². The minimum Gasteiger partial charge on any atom is -0.360 e. The molecule has 1 aromatic heterocycles. The van der Waals surface area contributed by atoms with Gasteiger partial charge in [0.1, 0.15) is 0 Å². The van der Waals surface area contributed by atoms with Crippen LogP contribution in [0.15, 0.2) is 17.5 Å². The van der Waals surface area contributed by atoms with Crippen molar-refractivity contribution in [2.75, 3.05) is 37.6 Å². The molecule has 2 saturated heterocycles. The van der Waals surface area contributed by atoms with Gasteiger partial charge in [0.2, 0.25) is 5.91 Å². The summed E-state index contributed by atoms with van der Waals surface area (Å²) in [6, 6.07) is 4.32. The highest BCUT2D eigenvalue weighted by Gasteiger charge is 2.29. The number of amides is 1. The van der Waals surface area contributed by atoms with Gasteiger partial charge in [0.25, 0.3) is 0 Å². The van der Waals surface area contributed by atoms with Gasteiger partial charge in [-0.1, -0.05) is 0 Å². The number of piperazine rings is 1. The Morgan fingerprint density at radius 1 is 1.33 bits per heavy atom. The van der Waals surface area contributed by atoms with Gasteiger partial charge in [0.15, 0.2) is 0 Å². The fraction of sp³-hybridized carbons (Fsp3) is 0.615. The first kappa shape index (κ1) is 12.0. The first-order valence-electron chi connectivity index (χ1n) is 6.65. The second-order valence-corrected chi connectivity index (χ2v) is 5.84. The van der Waals surface area contributed by atoms with Crippen LogP contribution >= 0.6 is 11.3 Å². The second-order valence-electron chi connectivity index (χ2n) is 4.91. The maximum absolute atomic E-state index is 12.2. The molecule has 0 aliphatic carbocycles. The van der Waals surface area contributed by atoms with Gasteiger partial charge in [-0.15, -0.1) is 11.3 Å². The fourth-order valence-electron chi connectivity index (χ4n) is 2.71. The number of carbonyl (C=O) groups is 1. The number of carbonyl (C=O) groups excluding carboxylic acids is 1. The molecule has 4 nitrogen and oxygen atoms in total. The summed E-state index contributed by atoms with van der Waals surface area (Å²) in [7, 11) is 0. The highest BCUT2D eigenvalue weighted by atomic mass is 32.1. The van der Waals surface area contributed by atoms with Crippen LogP contribution in [0.1, 0.15) is 12.8 Å². The lowest BCUT2D eigenvalue weighted by molar-refractivity contribution is -0.133. The Morgan fingerprint density at radius 2 is 2.17 bits per heavy atom. The maximum atomic E-state index is 12.2. The predicted octanol–water partition coefficient (Wildman–Crippen LogP) is 1.15. The van der Waals surface area contributed by atoms with Crippen molar-refractivity contribution >= 4 is 22.2 Å². The van der Waals surface area contributed by atoms with E-state index < -0.39 is 0 Å². The SMILES string of the molecule is O=C(C1CCCN1)N1CCN(c2cccs2)CC1. The van der Waals surface area contributed by atoms with Crippen molar-refractivity contribution in [3.63, 3.8) is 0 Å². The van der Waals surface area contributed by atoms with Gasteiger partial charge in [-0.2, -0.15) is 0 Å². The molecule has 0 radical (unpaired) electrons. The molecule has 1 unspecified atom stereocenters. The first-order valence-corrected chi connectivity index (χ1v) is 7.53. The van der Waals surface area contributed by atoms with Gasteiger partial charge in [-0.3, -0.25) is 4.79 Å². The lowest BCUT2D eigenvalue weighted by Gasteiger charge is -2.36. The smallest absolute Gasteiger partial charge is 0.239 e. The summed E-state index contributed by atoms with van der Waals surface area (Å²) >= 11 is 1.77. The molecule has 2 aliphatic heterocycles. The minimum atomic E-state index is 0.0817. The monoisotopic (exact) mass is 265 g/mol. The topological polar surface area (TPSA) is 35.6 Å². The van der Waals surface area contributed by atoms with Crippen LogP contribution in [0.25, 0.3) is 0 Å². The van der Waals surface area contributed by atoms with Gasteiger partial charge in [0.05, 0.1) is 11.0 Å². The van der Waals surface area contributed by atoms with E-state index in [4.69, 9.17) is 0 Å². The Bertz CT molecular complexity index is 392. The number of hydrogen-bond donors (Lipinski definition) is 1.